The van der Waals surface area contributed by atoms with Gasteiger partial charge >= 0.3 is 0 Å². The molecule has 136 valence electrons. The highest BCUT2D eigenvalue weighted by Crippen LogP contribution is 2.15. The summed E-state index contributed by atoms with van der Waals surface area (Å²) in [7, 11) is 1.66. The van der Waals surface area contributed by atoms with E-state index in [-0.39, 0.29) is 5.43 Å². The third kappa shape index (κ3) is 3.46. The van der Waals surface area contributed by atoms with Gasteiger partial charge in [0.1, 0.15) is 17.4 Å². The summed E-state index contributed by atoms with van der Waals surface area (Å²) < 4.78 is 9.15. The minimum atomic E-state index is 0.0257. The number of methoxy groups -OCH3 is 1. The Hall–Kier alpha value is -3.41. The van der Waals surface area contributed by atoms with Crippen LogP contribution in [0.1, 0.15) is 17.2 Å². The van der Waals surface area contributed by atoms with Crippen molar-refractivity contribution in [1.82, 2.24) is 19.3 Å². The highest BCUT2D eigenvalue weighted by molar-refractivity contribution is 5.78. The summed E-state index contributed by atoms with van der Waals surface area (Å²) >= 11 is 0. The lowest BCUT2D eigenvalue weighted by Crippen LogP contribution is -2.13. The van der Waals surface area contributed by atoms with Crippen LogP contribution in [-0.2, 0) is 13.1 Å². The van der Waals surface area contributed by atoms with Crippen LogP contribution in [-0.4, -0.2) is 26.4 Å². The number of para-hydroxylation sites is 1. The van der Waals surface area contributed by atoms with E-state index in [0.717, 1.165) is 28.5 Å². The monoisotopic (exact) mass is 360 g/mol. The smallest absolute Gasteiger partial charge is 0.189 e. The van der Waals surface area contributed by atoms with E-state index in [4.69, 9.17) is 4.74 Å². The Morgan fingerprint density at radius 1 is 1.00 bits per heavy atom. The van der Waals surface area contributed by atoms with Crippen LogP contribution in [0.5, 0.6) is 5.75 Å². The average Bonchev–Trinajstić information content (AvgIpc) is 3.03. The minimum Gasteiger partial charge on any atom is -0.497 e. The Labute approximate surface area is 156 Å². The number of ether oxygens (including phenoxy) is 1. The van der Waals surface area contributed by atoms with Crippen molar-refractivity contribution in [3.8, 4) is 5.75 Å². The van der Waals surface area contributed by atoms with E-state index in [9.17, 15) is 4.79 Å². The molecule has 2 heterocycles. The molecule has 0 N–H and O–H groups in total. The number of fused-ring (bicyclic) bond motifs is 1. The number of rotatable bonds is 5. The van der Waals surface area contributed by atoms with Gasteiger partial charge < -0.3 is 9.30 Å². The van der Waals surface area contributed by atoms with Gasteiger partial charge in [0.2, 0.25) is 0 Å². The van der Waals surface area contributed by atoms with Crippen molar-refractivity contribution in [2.45, 2.75) is 20.0 Å². The first-order valence-electron chi connectivity index (χ1n) is 8.75. The van der Waals surface area contributed by atoms with Crippen molar-refractivity contribution >= 4 is 10.9 Å². The predicted molar refractivity (Wildman–Crippen MR) is 104 cm³/mol. The molecule has 27 heavy (non-hydrogen) atoms. The Balaban J connectivity index is 1.67. The third-order valence-corrected chi connectivity index (χ3v) is 4.54. The lowest BCUT2D eigenvalue weighted by Gasteiger charge is -2.11. The maximum atomic E-state index is 12.1. The molecular weight excluding hydrogens is 340 g/mol. The van der Waals surface area contributed by atoms with E-state index in [2.05, 4.69) is 10.1 Å². The number of nitrogens with zero attached hydrogens (tertiary/aromatic N) is 4. The maximum Gasteiger partial charge on any atom is 0.189 e. The number of aromatic nitrogens is 4. The van der Waals surface area contributed by atoms with Gasteiger partial charge in [0, 0.05) is 17.6 Å². The normalized spacial score (nSPS) is 11.0. The second-order valence-electron chi connectivity index (χ2n) is 6.41. The van der Waals surface area contributed by atoms with Crippen molar-refractivity contribution < 1.29 is 4.74 Å². The molecule has 0 spiro atoms. The van der Waals surface area contributed by atoms with Gasteiger partial charge in [0.05, 0.1) is 25.7 Å². The number of aryl methyl sites for hydroxylation is 1. The summed E-state index contributed by atoms with van der Waals surface area (Å²) in [5.41, 5.74) is 2.03. The quantitative estimate of drug-likeness (QED) is 0.549. The van der Waals surface area contributed by atoms with Crippen LogP contribution >= 0.6 is 0 Å². The number of pyridine rings is 1. The van der Waals surface area contributed by atoms with Gasteiger partial charge in [0.25, 0.3) is 0 Å². The lowest BCUT2D eigenvalue weighted by atomic mass is 10.2. The summed E-state index contributed by atoms with van der Waals surface area (Å²) in [5.74, 6) is 2.40. The van der Waals surface area contributed by atoms with Gasteiger partial charge in [-0.05, 0) is 36.8 Å². The summed E-state index contributed by atoms with van der Waals surface area (Å²) in [6.07, 6.45) is 1.81. The SMILES string of the molecule is COc1ccc(Cn2nc(C)nc2Cn2ccc(=O)c3ccccc32)cc1. The zero-order valence-electron chi connectivity index (χ0n) is 15.3. The van der Waals surface area contributed by atoms with Crippen molar-refractivity contribution in [3.63, 3.8) is 0 Å². The van der Waals surface area contributed by atoms with E-state index in [0.29, 0.717) is 18.5 Å². The van der Waals surface area contributed by atoms with E-state index in [1.54, 1.807) is 13.2 Å². The molecule has 0 aliphatic carbocycles. The fourth-order valence-electron chi connectivity index (χ4n) is 3.20. The summed E-state index contributed by atoms with van der Waals surface area (Å²) in [4.78, 5) is 16.7. The van der Waals surface area contributed by atoms with Gasteiger partial charge in [-0.2, -0.15) is 5.10 Å². The molecule has 0 fully saturated rings. The zero-order valence-corrected chi connectivity index (χ0v) is 15.3. The maximum absolute atomic E-state index is 12.1. The molecule has 0 saturated heterocycles. The van der Waals surface area contributed by atoms with E-state index in [1.165, 1.54) is 0 Å². The first-order chi connectivity index (χ1) is 13.1. The Morgan fingerprint density at radius 2 is 1.78 bits per heavy atom. The second kappa shape index (κ2) is 7.07. The van der Waals surface area contributed by atoms with Gasteiger partial charge in [0.15, 0.2) is 5.43 Å². The Morgan fingerprint density at radius 3 is 2.56 bits per heavy atom. The number of hydrogen-bond donors (Lipinski definition) is 0. The molecule has 0 bridgehead atoms. The van der Waals surface area contributed by atoms with Crippen LogP contribution < -0.4 is 10.2 Å². The Kier molecular flexibility index (Phi) is 4.46. The molecule has 0 amide bonds. The predicted octanol–water partition coefficient (Wildman–Crippen LogP) is 3.01. The molecular formula is C21H20N4O2. The molecule has 4 aromatic rings. The largest absolute Gasteiger partial charge is 0.497 e. The van der Waals surface area contributed by atoms with E-state index < -0.39 is 0 Å². The molecule has 2 aromatic heterocycles. The van der Waals surface area contributed by atoms with Crippen LogP contribution in [0.15, 0.2) is 65.6 Å². The highest BCUT2D eigenvalue weighted by atomic mass is 16.5. The van der Waals surface area contributed by atoms with Gasteiger partial charge in [-0.25, -0.2) is 9.67 Å². The Bertz CT molecular complexity index is 1140. The van der Waals surface area contributed by atoms with Crippen molar-refractivity contribution in [2.24, 2.45) is 0 Å². The van der Waals surface area contributed by atoms with Crippen LogP contribution in [0, 0.1) is 6.92 Å². The molecule has 0 unspecified atom stereocenters. The fraction of sp³-hybridized carbons (Fsp3) is 0.190. The van der Waals surface area contributed by atoms with E-state index in [1.807, 2.05) is 70.9 Å². The van der Waals surface area contributed by atoms with Crippen LogP contribution in [0.25, 0.3) is 10.9 Å². The molecule has 0 radical (unpaired) electrons. The molecule has 0 saturated carbocycles. The highest BCUT2D eigenvalue weighted by Gasteiger charge is 2.11. The second-order valence-corrected chi connectivity index (χ2v) is 6.41. The summed E-state index contributed by atoms with van der Waals surface area (Å²) in [6, 6.07) is 17.1. The number of hydrogen-bond acceptors (Lipinski definition) is 4. The van der Waals surface area contributed by atoms with Gasteiger partial charge in [-0.3, -0.25) is 4.79 Å². The molecule has 2 aromatic carbocycles. The first kappa shape index (κ1) is 17.0. The zero-order chi connectivity index (χ0) is 18.8. The van der Waals surface area contributed by atoms with Crippen molar-refractivity contribution in [1.29, 1.82) is 0 Å². The summed E-state index contributed by atoms with van der Waals surface area (Å²) in [5, 5.41) is 5.25. The van der Waals surface area contributed by atoms with Crippen LogP contribution in [0.4, 0.5) is 0 Å². The molecule has 6 nitrogen and oxygen atoms in total. The fourth-order valence-corrected chi connectivity index (χ4v) is 3.20. The molecule has 0 atom stereocenters. The first-order valence-corrected chi connectivity index (χ1v) is 8.75. The molecule has 0 aliphatic rings. The molecule has 0 aliphatic heterocycles. The average molecular weight is 360 g/mol. The molecule has 6 heteroatoms. The standard InChI is InChI=1S/C21H20N4O2/c1-15-22-21(25(23-15)13-16-7-9-17(27-2)10-8-16)14-24-12-11-20(26)18-5-3-4-6-19(18)24/h3-12H,13-14H2,1-2H3. The topological polar surface area (TPSA) is 61.9 Å². The molecule has 4 rings (SSSR count). The van der Waals surface area contributed by atoms with Gasteiger partial charge in [-0.1, -0.05) is 24.3 Å². The minimum absolute atomic E-state index is 0.0257. The third-order valence-electron chi connectivity index (χ3n) is 4.54. The van der Waals surface area contributed by atoms with Crippen molar-refractivity contribution in [3.05, 3.63) is 88.2 Å². The summed E-state index contributed by atoms with van der Waals surface area (Å²) in [6.45, 7) is 3.05. The van der Waals surface area contributed by atoms with Crippen molar-refractivity contribution in [2.75, 3.05) is 7.11 Å². The number of benzene rings is 2. The van der Waals surface area contributed by atoms with E-state index >= 15 is 0 Å². The van der Waals surface area contributed by atoms with Crippen LogP contribution in [0.2, 0.25) is 0 Å². The van der Waals surface area contributed by atoms with Gasteiger partial charge in [-0.15, -0.1) is 0 Å². The van der Waals surface area contributed by atoms with Crippen LogP contribution in [0.3, 0.4) is 0 Å². The lowest BCUT2D eigenvalue weighted by molar-refractivity contribution is 0.414.